The Labute approximate surface area is 85.0 Å². The summed E-state index contributed by atoms with van der Waals surface area (Å²) in [5, 5.41) is 13.2. The van der Waals surface area contributed by atoms with E-state index in [-0.39, 0.29) is 18.0 Å². The summed E-state index contributed by atoms with van der Waals surface area (Å²) in [6.45, 7) is 0.168. The van der Waals surface area contributed by atoms with Crippen LogP contribution in [0.1, 0.15) is 5.82 Å². The van der Waals surface area contributed by atoms with E-state index in [1.54, 1.807) is 12.1 Å². The zero-order valence-electron chi connectivity index (χ0n) is 7.84. The lowest BCUT2D eigenvalue weighted by molar-refractivity contribution is 0.474. The third kappa shape index (κ3) is 1.75. The summed E-state index contributed by atoms with van der Waals surface area (Å²) in [6, 6.07) is 6.27. The molecule has 6 nitrogen and oxygen atoms in total. The minimum absolute atomic E-state index is 0.0803. The molecule has 0 unspecified atom stereocenters. The lowest BCUT2D eigenvalue weighted by Crippen LogP contribution is -2.15. The molecule has 2 rings (SSSR count). The fraction of sp³-hybridized carbons (Fsp3) is 0.111. The standard InChI is InChI=1S/C9H10N4O2/c10-5-8-11-9(15)13(12-8)6-2-1-3-7(14)4-6/h1-4,14H,5,10H2,(H,11,12,15). The maximum Gasteiger partial charge on any atom is 0.348 e. The van der Waals surface area contributed by atoms with E-state index in [4.69, 9.17) is 5.73 Å². The zero-order valence-corrected chi connectivity index (χ0v) is 7.84. The van der Waals surface area contributed by atoms with Crippen LogP contribution in [0.15, 0.2) is 29.1 Å². The van der Waals surface area contributed by atoms with E-state index in [0.29, 0.717) is 11.5 Å². The van der Waals surface area contributed by atoms with Gasteiger partial charge >= 0.3 is 5.69 Å². The summed E-state index contributed by atoms with van der Waals surface area (Å²) in [5.41, 5.74) is 5.47. The first-order valence-corrected chi connectivity index (χ1v) is 4.38. The highest BCUT2D eigenvalue weighted by Gasteiger charge is 2.05. The molecule has 0 bridgehead atoms. The van der Waals surface area contributed by atoms with Crippen molar-refractivity contribution in [1.29, 1.82) is 0 Å². The third-order valence-electron chi connectivity index (χ3n) is 1.93. The molecular formula is C9H10N4O2. The second-order valence-electron chi connectivity index (χ2n) is 3.01. The molecular weight excluding hydrogens is 196 g/mol. The van der Waals surface area contributed by atoms with Crippen LogP contribution in [0.25, 0.3) is 5.69 Å². The average molecular weight is 206 g/mol. The Kier molecular flexibility index (Phi) is 2.26. The van der Waals surface area contributed by atoms with Gasteiger partial charge in [-0.1, -0.05) is 6.07 Å². The molecule has 0 aliphatic rings. The quantitative estimate of drug-likeness (QED) is 0.629. The fourth-order valence-electron chi connectivity index (χ4n) is 1.26. The number of hydrogen-bond donors (Lipinski definition) is 3. The molecule has 15 heavy (non-hydrogen) atoms. The van der Waals surface area contributed by atoms with Gasteiger partial charge in [0.2, 0.25) is 0 Å². The predicted octanol–water partition coefficient (Wildman–Crippen LogP) is -0.275. The molecule has 1 heterocycles. The van der Waals surface area contributed by atoms with Crippen molar-refractivity contribution in [3.05, 3.63) is 40.6 Å². The van der Waals surface area contributed by atoms with Gasteiger partial charge in [-0.25, -0.2) is 4.79 Å². The normalized spacial score (nSPS) is 10.5. The summed E-state index contributed by atoms with van der Waals surface area (Å²) in [4.78, 5) is 13.9. The molecule has 78 valence electrons. The van der Waals surface area contributed by atoms with Crippen LogP contribution in [0.2, 0.25) is 0 Å². The van der Waals surface area contributed by atoms with Gasteiger partial charge in [0.1, 0.15) is 11.6 Å². The number of aromatic hydroxyl groups is 1. The van der Waals surface area contributed by atoms with Crippen LogP contribution in [0.3, 0.4) is 0 Å². The van der Waals surface area contributed by atoms with Crippen molar-refractivity contribution in [1.82, 2.24) is 14.8 Å². The average Bonchev–Trinajstić information content (AvgIpc) is 2.60. The molecule has 0 radical (unpaired) electrons. The molecule has 1 aromatic carbocycles. The highest BCUT2D eigenvalue weighted by molar-refractivity contribution is 5.37. The first-order chi connectivity index (χ1) is 7.20. The number of phenols is 1. The summed E-state index contributed by atoms with van der Waals surface area (Å²) < 4.78 is 1.15. The van der Waals surface area contributed by atoms with Crippen LogP contribution in [-0.2, 0) is 6.54 Å². The molecule has 0 saturated carbocycles. The van der Waals surface area contributed by atoms with Crippen molar-refractivity contribution in [2.24, 2.45) is 5.73 Å². The Morgan fingerprint density at radius 2 is 2.33 bits per heavy atom. The minimum atomic E-state index is -0.374. The number of phenolic OH excluding ortho intramolecular Hbond substituents is 1. The van der Waals surface area contributed by atoms with Crippen LogP contribution in [0, 0.1) is 0 Å². The largest absolute Gasteiger partial charge is 0.508 e. The number of H-pyrrole nitrogens is 1. The van der Waals surface area contributed by atoms with E-state index in [1.165, 1.54) is 12.1 Å². The predicted molar refractivity (Wildman–Crippen MR) is 53.7 cm³/mol. The molecule has 0 atom stereocenters. The first-order valence-electron chi connectivity index (χ1n) is 4.38. The lowest BCUT2D eigenvalue weighted by Gasteiger charge is -1.98. The Bertz CT molecular complexity index is 529. The van der Waals surface area contributed by atoms with Crippen molar-refractivity contribution >= 4 is 0 Å². The molecule has 6 heteroatoms. The van der Waals surface area contributed by atoms with Crippen LogP contribution in [-0.4, -0.2) is 19.9 Å². The smallest absolute Gasteiger partial charge is 0.348 e. The summed E-state index contributed by atoms with van der Waals surface area (Å²) in [6.07, 6.45) is 0. The van der Waals surface area contributed by atoms with Crippen LogP contribution < -0.4 is 11.4 Å². The Morgan fingerprint density at radius 1 is 1.53 bits per heavy atom. The maximum atomic E-state index is 11.4. The van der Waals surface area contributed by atoms with Gasteiger partial charge in [0.15, 0.2) is 0 Å². The molecule has 0 aliphatic heterocycles. The topological polar surface area (TPSA) is 96.9 Å². The van der Waals surface area contributed by atoms with Gasteiger partial charge in [0.05, 0.1) is 12.2 Å². The number of rotatable bonds is 2. The number of nitrogens with two attached hydrogens (primary N) is 1. The van der Waals surface area contributed by atoms with Gasteiger partial charge in [-0.15, -0.1) is 5.10 Å². The highest BCUT2D eigenvalue weighted by atomic mass is 16.3. The Balaban J connectivity index is 2.54. The number of aromatic amines is 1. The monoisotopic (exact) mass is 206 g/mol. The summed E-state index contributed by atoms with van der Waals surface area (Å²) >= 11 is 0. The first kappa shape index (κ1) is 9.47. The molecule has 4 N–H and O–H groups in total. The van der Waals surface area contributed by atoms with Crippen molar-refractivity contribution in [3.63, 3.8) is 0 Å². The molecule has 2 aromatic rings. The number of nitrogens with one attached hydrogen (secondary N) is 1. The molecule has 0 amide bonds. The van der Waals surface area contributed by atoms with E-state index in [2.05, 4.69) is 10.1 Å². The van der Waals surface area contributed by atoms with E-state index < -0.39 is 0 Å². The van der Waals surface area contributed by atoms with E-state index in [0.717, 1.165) is 4.68 Å². The van der Waals surface area contributed by atoms with Crippen molar-refractivity contribution < 1.29 is 5.11 Å². The number of hydrogen-bond acceptors (Lipinski definition) is 4. The van der Waals surface area contributed by atoms with E-state index in [9.17, 15) is 9.90 Å². The number of benzene rings is 1. The Morgan fingerprint density at radius 3 is 2.93 bits per heavy atom. The van der Waals surface area contributed by atoms with Crippen molar-refractivity contribution in [2.45, 2.75) is 6.54 Å². The minimum Gasteiger partial charge on any atom is -0.508 e. The second kappa shape index (κ2) is 3.58. The lowest BCUT2D eigenvalue weighted by atomic mass is 10.3. The summed E-state index contributed by atoms with van der Waals surface area (Å²) in [5.74, 6) is 0.486. The molecule has 0 saturated heterocycles. The maximum absolute atomic E-state index is 11.4. The van der Waals surface area contributed by atoms with Gasteiger partial charge in [0.25, 0.3) is 0 Å². The van der Waals surface area contributed by atoms with Crippen LogP contribution in [0.4, 0.5) is 0 Å². The van der Waals surface area contributed by atoms with E-state index >= 15 is 0 Å². The number of nitrogens with zero attached hydrogens (tertiary/aromatic N) is 2. The van der Waals surface area contributed by atoms with Gasteiger partial charge in [-0.05, 0) is 12.1 Å². The number of aromatic nitrogens is 3. The third-order valence-corrected chi connectivity index (χ3v) is 1.93. The summed E-state index contributed by atoms with van der Waals surface area (Å²) in [7, 11) is 0. The van der Waals surface area contributed by atoms with Gasteiger partial charge < -0.3 is 10.8 Å². The van der Waals surface area contributed by atoms with Crippen molar-refractivity contribution in [3.8, 4) is 11.4 Å². The molecule has 0 fully saturated rings. The molecule has 0 aliphatic carbocycles. The second-order valence-corrected chi connectivity index (χ2v) is 3.01. The van der Waals surface area contributed by atoms with E-state index in [1.807, 2.05) is 0 Å². The molecule has 1 aromatic heterocycles. The zero-order chi connectivity index (χ0) is 10.8. The fourth-order valence-corrected chi connectivity index (χ4v) is 1.26. The molecule has 0 spiro atoms. The van der Waals surface area contributed by atoms with Gasteiger partial charge in [-0.3, -0.25) is 4.98 Å². The van der Waals surface area contributed by atoms with Gasteiger partial charge in [0, 0.05) is 6.07 Å². The highest BCUT2D eigenvalue weighted by Crippen LogP contribution is 2.12. The van der Waals surface area contributed by atoms with Crippen LogP contribution in [0.5, 0.6) is 5.75 Å². The Hall–Kier alpha value is -2.08. The van der Waals surface area contributed by atoms with Crippen molar-refractivity contribution in [2.75, 3.05) is 0 Å². The SMILES string of the molecule is NCc1nn(-c2cccc(O)c2)c(=O)[nH]1. The van der Waals surface area contributed by atoms with Gasteiger partial charge in [-0.2, -0.15) is 4.68 Å². The van der Waals surface area contributed by atoms with Crippen LogP contribution >= 0.6 is 0 Å².